The molecule has 2 N–H and O–H groups in total. The van der Waals surface area contributed by atoms with Crippen molar-refractivity contribution in [3.63, 3.8) is 0 Å². The fraction of sp³-hybridized carbons (Fsp3) is 0.273. The van der Waals surface area contributed by atoms with Crippen LogP contribution in [-0.4, -0.2) is 44.9 Å². The molecule has 156 valence electrons. The van der Waals surface area contributed by atoms with Gasteiger partial charge in [-0.15, -0.1) is 12.4 Å². The summed E-state index contributed by atoms with van der Waals surface area (Å²) in [5, 5.41) is 13.1. The number of aryl methyl sites for hydroxylation is 1. The van der Waals surface area contributed by atoms with Gasteiger partial charge in [0.25, 0.3) is 5.91 Å². The van der Waals surface area contributed by atoms with Crippen LogP contribution in [0.2, 0.25) is 0 Å². The number of nitrogens with zero attached hydrogens (tertiary/aromatic N) is 3. The zero-order valence-corrected chi connectivity index (χ0v) is 17.4. The average Bonchev–Trinajstić information content (AvgIpc) is 3.23. The molecule has 1 fully saturated rings. The lowest BCUT2D eigenvalue weighted by atomic mass is 10.1. The standard InChI is InChI=1S/C22H22N4O3.ClH/c1-14-4-9-17-20(25-16-7-5-15(6-8-16)12-19(27)28)18(13-23-21(17)24-14)22(29)26-10-2-3-11-26;/h4-9,13H,2-3,10-12H2,1H3,(H,27,28)(H,23,24,25);1H. The molecule has 0 bridgehead atoms. The molecule has 0 saturated carbocycles. The average molecular weight is 427 g/mol. The number of aliphatic carboxylic acids is 1. The van der Waals surface area contributed by atoms with Gasteiger partial charge in [0.05, 0.1) is 17.7 Å². The van der Waals surface area contributed by atoms with Gasteiger partial charge in [0.15, 0.2) is 5.65 Å². The Morgan fingerprint density at radius 3 is 2.47 bits per heavy atom. The molecule has 1 amide bonds. The zero-order valence-electron chi connectivity index (χ0n) is 16.6. The smallest absolute Gasteiger partial charge is 0.307 e. The van der Waals surface area contributed by atoms with Crippen LogP contribution in [0, 0.1) is 6.92 Å². The molecule has 30 heavy (non-hydrogen) atoms. The highest BCUT2D eigenvalue weighted by Gasteiger charge is 2.24. The predicted octanol–water partition coefficient (Wildman–Crippen LogP) is 3.97. The summed E-state index contributed by atoms with van der Waals surface area (Å²) in [6, 6.07) is 11.0. The van der Waals surface area contributed by atoms with E-state index in [0.717, 1.165) is 42.7 Å². The molecule has 4 rings (SSSR count). The third kappa shape index (κ3) is 4.52. The fourth-order valence-corrected chi connectivity index (χ4v) is 3.58. The van der Waals surface area contributed by atoms with Crippen LogP contribution >= 0.6 is 12.4 Å². The number of fused-ring (bicyclic) bond motifs is 1. The number of carboxylic acid groups (broad SMARTS) is 1. The maximum Gasteiger partial charge on any atom is 0.307 e. The topological polar surface area (TPSA) is 95.4 Å². The van der Waals surface area contributed by atoms with Crippen molar-refractivity contribution in [3.8, 4) is 0 Å². The molecule has 1 aliphatic rings. The van der Waals surface area contributed by atoms with E-state index in [2.05, 4.69) is 15.3 Å². The van der Waals surface area contributed by atoms with E-state index < -0.39 is 5.97 Å². The van der Waals surface area contributed by atoms with E-state index in [9.17, 15) is 9.59 Å². The van der Waals surface area contributed by atoms with Crippen LogP contribution in [0.3, 0.4) is 0 Å². The SMILES string of the molecule is Cc1ccc2c(Nc3ccc(CC(=O)O)cc3)c(C(=O)N3CCCC3)cnc2n1.Cl. The van der Waals surface area contributed by atoms with Gasteiger partial charge < -0.3 is 15.3 Å². The maximum atomic E-state index is 13.1. The van der Waals surface area contributed by atoms with E-state index in [0.29, 0.717) is 22.5 Å². The molecule has 1 saturated heterocycles. The largest absolute Gasteiger partial charge is 0.481 e. The molecule has 7 nitrogen and oxygen atoms in total. The van der Waals surface area contributed by atoms with Crippen molar-refractivity contribution in [2.24, 2.45) is 0 Å². The molecule has 0 spiro atoms. The van der Waals surface area contributed by atoms with Gasteiger partial charge in [-0.05, 0) is 49.6 Å². The number of benzene rings is 1. The second kappa shape index (κ2) is 9.09. The van der Waals surface area contributed by atoms with Crippen molar-refractivity contribution >= 4 is 46.7 Å². The molecule has 1 aliphatic heterocycles. The van der Waals surface area contributed by atoms with Gasteiger partial charge in [-0.1, -0.05) is 12.1 Å². The number of likely N-dealkylation sites (tertiary alicyclic amines) is 1. The Kier molecular flexibility index (Phi) is 6.52. The normalized spacial score (nSPS) is 13.2. The number of rotatable bonds is 5. The van der Waals surface area contributed by atoms with Gasteiger partial charge in [-0.3, -0.25) is 9.59 Å². The summed E-state index contributed by atoms with van der Waals surface area (Å²) in [6.07, 6.45) is 3.60. The minimum Gasteiger partial charge on any atom is -0.481 e. The monoisotopic (exact) mass is 426 g/mol. The predicted molar refractivity (Wildman–Crippen MR) is 118 cm³/mol. The van der Waals surface area contributed by atoms with Crippen LogP contribution in [-0.2, 0) is 11.2 Å². The first-order chi connectivity index (χ1) is 14.0. The summed E-state index contributed by atoms with van der Waals surface area (Å²) < 4.78 is 0. The summed E-state index contributed by atoms with van der Waals surface area (Å²) in [5.41, 5.74) is 4.10. The Bertz CT molecular complexity index is 1080. The number of hydrogen-bond acceptors (Lipinski definition) is 5. The minimum atomic E-state index is -0.870. The van der Waals surface area contributed by atoms with Gasteiger partial charge in [0, 0.05) is 36.1 Å². The van der Waals surface area contributed by atoms with Crippen LogP contribution in [0.1, 0.15) is 34.5 Å². The first-order valence-electron chi connectivity index (χ1n) is 9.64. The van der Waals surface area contributed by atoms with Crippen LogP contribution in [0.4, 0.5) is 11.4 Å². The number of nitrogens with one attached hydrogen (secondary N) is 1. The zero-order chi connectivity index (χ0) is 20.4. The lowest BCUT2D eigenvalue weighted by molar-refractivity contribution is -0.136. The highest BCUT2D eigenvalue weighted by atomic mass is 35.5. The van der Waals surface area contributed by atoms with Crippen LogP contribution in [0.25, 0.3) is 11.0 Å². The molecule has 2 aromatic heterocycles. The number of carboxylic acids is 1. The van der Waals surface area contributed by atoms with E-state index in [4.69, 9.17) is 5.11 Å². The van der Waals surface area contributed by atoms with Crippen molar-refractivity contribution < 1.29 is 14.7 Å². The van der Waals surface area contributed by atoms with E-state index >= 15 is 0 Å². The molecule has 0 unspecified atom stereocenters. The molecule has 0 aliphatic carbocycles. The van der Waals surface area contributed by atoms with Crippen molar-refractivity contribution in [2.45, 2.75) is 26.2 Å². The van der Waals surface area contributed by atoms with Crippen LogP contribution in [0.5, 0.6) is 0 Å². The van der Waals surface area contributed by atoms with Crippen molar-refractivity contribution in [3.05, 3.63) is 59.4 Å². The summed E-state index contributed by atoms with van der Waals surface area (Å²) in [7, 11) is 0. The van der Waals surface area contributed by atoms with Gasteiger partial charge in [-0.2, -0.15) is 0 Å². The van der Waals surface area contributed by atoms with Crippen molar-refractivity contribution in [2.75, 3.05) is 18.4 Å². The van der Waals surface area contributed by atoms with Crippen molar-refractivity contribution in [1.29, 1.82) is 0 Å². The highest BCUT2D eigenvalue weighted by Crippen LogP contribution is 2.30. The first-order valence-corrected chi connectivity index (χ1v) is 9.64. The van der Waals surface area contributed by atoms with E-state index in [1.807, 2.05) is 36.1 Å². The molecular weight excluding hydrogens is 404 g/mol. The van der Waals surface area contributed by atoms with Gasteiger partial charge >= 0.3 is 5.97 Å². The van der Waals surface area contributed by atoms with E-state index in [1.54, 1.807) is 18.3 Å². The number of amides is 1. The summed E-state index contributed by atoms with van der Waals surface area (Å²) >= 11 is 0. The van der Waals surface area contributed by atoms with Crippen LogP contribution in [0.15, 0.2) is 42.6 Å². The second-order valence-corrected chi connectivity index (χ2v) is 7.26. The molecule has 3 heterocycles. The Morgan fingerprint density at radius 2 is 1.80 bits per heavy atom. The summed E-state index contributed by atoms with van der Waals surface area (Å²) in [6.45, 7) is 3.41. The Hall–Kier alpha value is -3.19. The lowest BCUT2D eigenvalue weighted by Crippen LogP contribution is -2.28. The van der Waals surface area contributed by atoms with Gasteiger partial charge in [0.1, 0.15) is 0 Å². The molecule has 1 aromatic carbocycles. The highest BCUT2D eigenvalue weighted by molar-refractivity contribution is 6.07. The molecule has 3 aromatic rings. The Labute approximate surface area is 180 Å². The third-order valence-electron chi connectivity index (χ3n) is 5.07. The molecule has 0 radical (unpaired) electrons. The van der Waals surface area contributed by atoms with Gasteiger partial charge in [-0.25, -0.2) is 9.97 Å². The van der Waals surface area contributed by atoms with E-state index in [1.165, 1.54) is 0 Å². The number of hydrogen-bond donors (Lipinski definition) is 2. The maximum absolute atomic E-state index is 13.1. The molecular formula is C22H23ClN4O3. The minimum absolute atomic E-state index is 0. The number of anilines is 2. The van der Waals surface area contributed by atoms with Gasteiger partial charge in [0.2, 0.25) is 0 Å². The summed E-state index contributed by atoms with van der Waals surface area (Å²) in [4.78, 5) is 34.8. The van der Waals surface area contributed by atoms with Crippen molar-refractivity contribution in [1.82, 2.24) is 14.9 Å². The third-order valence-corrected chi connectivity index (χ3v) is 5.07. The number of carbonyl (C=O) groups is 2. The molecule has 8 heteroatoms. The quantitative estimate of drug-likeness (QED) is 0.641. The number of aromatic nitrogens is 2. The number of halogens is 1. The number of carbonyl (C=O) groups excluding carboxylic acids is 1. The number of pyridine rings is 2. The second-order valence-electron chi connectivity index (χ2n) is 7.26. The Balaban J connectivity index is 0.00000256. The molecule has 0 atom stereocenters. The fourth-order valence-electron chi connectivity index (χ4n) is 3.58. The van der Waals surface area contributed by atoms with E-state index in [-0.39, 0.29) is 24.7 Å². The van der Waals surface area contributed by atoms with Crippen LogP contribution < -0.4 is 5.32 Å². The summed E-state index contributed by atoms with van der Waals surface area (Å²) in [5.74, 6) is -0.909. The Morgan fingerprint density at radius 1 is 1.10 bits per heavy atom. The lowest BCUT2D eigenvalue weighted by Gasteiger charge is -2.19. The first kappa shape index (κ1) is 21.5.